The van der Waals surface area contributed by atoms with E-state index in [1.54, 1.807) is 19.1 Å². The van der Waals surface area contributed by atoms with Gasteiger partial charge in [-0.1, -0.05) is 15.9 Å². The van der Waals surface area contributed by atoms with Gasteiger partial charge in [0.2, 0.25) is 0 Å². The molecule has 0 radical (unpaired) electrons. The van der Waals surface area contributed by atoms with Crippen LogP contribution in [-0.2, 0) is 9.59 Å². The van der Waals surface area contributed by atoms with Gasteiger partial charge >= 0.3 is 11.8 Å². The SMILES string of the molecule is CCNC(=O)C(=O)N/N=C/c1cc(Br)cc(Br)c1O. The van der Waals surface area contributed by atoms with Crippen molar-refractivity contribution in [3.05, 3.63) is 26.6 Å². The van der Waals surface area contributed by atoms with Crippen LogP contribution in [0.25, 0.3) is 0 Å². The second kappa shape index (κ2) is 7.25. The van der Waals surface area contributed by atoms with Crippen molar-refractivity contribution in [2.75, 3.05) is 6.54 Å². The lowest BCUT2D eigenvalue weighted by atomic mass is 10.2. The molecule has 102 valence electrons. The Morgan fingerprint density at radius 1 is 1.37 bits per heavy atom. The van der Waals surface area contributed by atoms with Crippen LogP contribution in [0.2, 0.25) is 0 Å². The van der Waals surface area contributed by atoms with Crippen LogP contribution in [-0.4, -0.2) is 29.7 Å². The molecule has 3 N–H and O–H groups in total. The predicted octanol–water partition coefficient (Wildman–Crippen LogP) is 1.50. The maximum atomic E-state index is 11.2. The van der Waals surface area contributed by atoms with Crippen molar-refractivity contribution in [1.29, 1.82) is 0 Å². The lowest BCUT2D eigenvalue weighted by Crippen LogP contribution is -2.37. The largest absolute Gasteiger partial charge is 0.506 e. The van der Waals surface area contributed by atoms with Crippen molar-refractivity contribution in [2.24, 2.45) is 5.10 Å². The highest BCUT2D eigenvalue weighted by Crippen LogP contribution is 2.30. The van der Waals surface area contributed by atoms with E-state index in [9.17, 15) is 14.7 Å². The van der Waals surface area contributed by atoms with E-state index < -0.39 is 11.8 Å². The number of aromatic hydroxyl groups is 1. The fourth-order valence-corrected chi connectivity index (χ4v) is 2.39. The number of phenols is 1. The molecule has 2 amide bonds. The molecule has 19 heavy (non-hydrogen) atoms. The van der Waals surface area contributed by atoms with E-state index in [0.29, 0.717) is 16.6 Å². The van der Waals surface area contributed by atoms with Crippen molar-refractivity contribution in [3.63, 3.8) is 0 Å². The first-order valence-corrected chi connectivity index (χ1v) is 6.83. The van der Waals surface area contributed by atoms with E-state index in [1.165, 1.54) is 6.21 Å². The van der Waals surface area contributed by atoms with Crippen LogP contribution in [0.4, 0.5) is 0 Å². The summed E-state index contributed by atoms with van der Waals surface area (Å²) in [5.74, 6) is -1.65. The van der Waals surface area contributed by atoms with Gasteiger partial charge in [0.1, 0.15) is 5.75 Å². The van der Waals surface area contributed by atoms with Crippen molar-refractivity contribution in [3.8, 4) is 5.75 Å². The minimum Gasteiger partial charge on any atom is -0.506 e. The van der Waals surface area contributed by atoms with E-state index in [4.69, 9.17) is 0 Å². The van der Waals surface area contributed by atoms with Crippen LogP contribution in [0, 0.1) is 0 Å². The zero-order chi connectivity index (χ0) is 14.4. The molecule has 0 spiro atoms. The quantitative estimate of drug-likeness (QED) is 0.413. The number of amides is 2. The Hall–Kier alpha value is -1.41. The smallest absolute Gasteiger partial charge is 0.329 e. The number of hydrogen-bond acceptors (Lipinski definition) is 4. The molecule has 6 nitrogen and oxygen atoms in total. The minimum absolute atomic E-state index is 0.0146. The van der Waals surface area contributed by atoms with Gasteiger partial charge < -0.3 is 10.4 Å². The Morgan fingerprint density at radius 2 is 2.05 bits per heavy atom. The average molecular weight is 393 g/mol. The van der Waals surface area contributed by atoms with E-state index in [0.717, 1.165) is 4.47 Å². The molecule has 0 atom stereocenters. The molecule has 0 saturated heterocycles. The highest BCUT2D eigenvalue weighted by molar-refractivity contribution is 9.11. The number of phenolic OH excluding ortho intramolecular Hbond substituents is 1. The summed E-state index contributed by atoms with van der Waals surface area (Å²) in [5.41, 5.74) is 2.45. The third kappa shape index (κ3) is 4.64. The van der Waals surface area contributed by atoms with Crippen molar-refractivity contribution in [1.82, 2.24) is 10.7 Å². The maximum Gasteiger partial charge on any atom is 0.329 e. The summed E-state index contributed by atoms with van der Waals surface area (Å²) in [4.78, 5) is 22.3. The Bertz CT molecular complexity index is 532. The summed E-state index contributed by atoms with van der Waals surface area (Å²) in [6, 6.07) is 3.28. The number of carbonyl (C=O) groups excluding carboxylic acids is 2. The van der Waals surface area contributed by atoms with Crippen LogP contribution in [0.15, 0.2) is 26.2 Å². The van der Waals surface area contributed by atoms with Gasteiger partial charge in [0.15, 0.2) is 0 Å². The predicted molar refractivity (Wildman–Crippen MR) is 77.9 cm³/mol. The molecule has 1 aromatic carbocycles. The third-order valence-corrected chi connectivity index (χ3v) is 3.03. The number of likely N-dealkylation sites (N-methyl/N-ethyl adjacent to an activating group) is 1. The number of nitrogens with zero attached hydrogens (tertiary/aromatic N) is 1. The number of nitrogens with one attached hydrogen (secondary N) is 2. The highest BCUT2D eigenvalue weighted by atomic mass is 79.9. The zero-order valence-corrected chi connectivity index (χ0v) is 13.1. The van der Waals surface area contributed by atoms with Gasteiger partial charge in [0.25, 0.3) is 0 Å². The third-order valence-electron chi connectivity index (χ3n) is 1.97. The van der Waals surface area contributed by atoms with Gasteiger partial charge in [-0.05, 0) is 35.0 Å². The number of benzene rings is 1. The summed E-state index contributed by atoms with van der Waals surface area (Å²) in [6.07, 6.45) is 1.24. The molecule has 0 aliphatic rings. The lowest BCUT2D eigenvalue weighted by Gasteiger charge is -2.03. The first kappa shape index (κ1) is 15.6. The van der Waals surface area contributed by atoms with E-state index in [2.05, 4.69) is 47.7 Å². The second-order valence-corrected chi connectivity index (χ2v) is 5.15. The molecule has 8 heteroatoms. The van der Waals surface area contributed by atoms with Gasteiger partial charge in [0.05, 0.1) is 10.7 Å². The van der Waals surface area contributed by atoms with Crippen LogP contribution in [0.3, 0.4) is 0 Å². The molecule has 0 bridgehead atoms. The number of halogens is 2. The Morgan fingerprint density at radius 3 is 2.68 bits per heavy atom. The summed E-state index contributed by atoms with van der Waals surface area (Å²) in [6.45, 7) is 2.06. The first-order chi connectivity index (χ1) is 8.95. The number of hydrazone groups is 1. The van der Waals surface area contributed by atoms with Gasteiger partial charge in [-0.3, -0.25) is 9.59 Å². The molecular weight excluding hydrogens is 382 g/mol. The standard InChI is InChI=1S/C11H11Br2N3O3/c1-2-14-10(18)11(19)16-15-5-6-3-7(12)4-8(13)9(6)17/h3-5,17H,2H2,1H3,(H,14,18)(H,16,19)/b15-5+. The number of rotatable bonds is 3. The molecule has 0 aliphatic heterocycles. The number of carbonyl (C=O) groups is 2. The molecule has 1 rings (SSSR count). The van der Waals surface area contributed by atoms with Gasteiger partial charge in [0, 0.05) is 16.6 Å². The fourth-order valence-electron chi connectivity index (χ4n) is 1.14. The van der Waals surface area contributed by atoms with E-state index in [-0.39, 0.29) is 5.75 Å². The van der Waals surface area contributed by atoms with Crippen molar-refractivity contribution < 1.29 is 14.7 Å². The highest BCUT2D eigenvalue weighted by Gasteiger charge is 2.10. The summed E-state index contributed by atoms with van der Waals surface area (Å²) in [7, 11) is 0. The van der Waals surface area contributed by atoms with Gasteiger partial charge in [-0.2, -0.15) is 5.10 Å². The average Bonchev–Trinajstić information content (AvgIpc) is 2.35. The normalized spacial score (nSPS) is 10.5. The molecule has 0 saturated carbocycles. The van der Waals surface area contributed by atoms with Crippen LogP contribution < -0.4 is 10.7 Å². The molecule has 0 heterocycles. The minimum atomic E-state index is -0.869. The van der Waals surface area contributed by atoms with Crippen molar-refractivity contribution >= 4 is 49.9 Å². The van der Waals surface area contributed by atoms with Crippen LogP contribution in [0.5, 0.6) is 5.75 Å². The molecule has 1 aromatic rings. The van der Waals surface area contributed by atoms with Crippen LogP contribution >= 0.6 is 31.9 Å². The second-order valence-electron chi connectivity index (χ2n) is 3.38. The van der Waals surface area contributed by atoms with Gasteiger partial charge in [-0.15, -0.1) is 0 Å². The molecule has 0 aromatic heterocycles. The summed E-state index contributed by atoms with van der Waals surface area (Å²) < 4.78 is 1.21. The van der Waals surface area contributed by atoms with E-state index in [1.807, 2.05) is 0 Å². The van der Waals surface area contributed by atoms with Crippen molar-refractivity contribution in [2.45, 2.75) is 6.92 Å². The lowest BCUT2D eigenvalue weighted by molar-refractivity contribution is -0.139. The zero-order valence-electron chi connectivity index (χ0n) is 9.91. The summed E-state index contributed by atoms with van der Waals surface area (Å²) in [5, 5.41) is 15.7. The van der Waals surface area contributed by atoms with E-state index >= 15 is 0 Å². The Kier molecular flexibility index (Phi) is 5.97. The Labute approximate surface area is 126 Å². The fraction of sp³-hybridized carbons (Fsp3) is 0.182. The maximum absolute atomic E-state index is 11.2. The summed E-state index contributed by atoms with van der Waals surface area (Å²) >= 11 is 6.43. The number of hydrogen-bond donors (Lipinski definition) is 3. The topological polar surface area (TPSA) is 90.8 Å². The molecule has 0 fully saturated rings. The monoisotopic (exact) mass is 391 g/mol. The van der Waals surface area contributed by atoms with Crippen LogP contribution in [0.1, 0.15) is 12.5 Å². The Balaban J connectivity index is 2.73. The first-order valence-electron chi connectivity index (χ1n) is 5.25. The molecular formula is C11H11Br2N3O3. The molecule has 0 unspecified atom stereocenters. The molecule has 0 aliphatic carbocycles. The van der Waals surface area contributed by atoms with Gasteiger partial charge in [-0.25, -0.2) is 5.43 Å².